The van der Waals surface area contributed by atoms with Crippen LogP contribution in [0.15, 0.2) is 42.5 Å². The fraction of sp³-hybridized carbons (Fsp3) is 0.500. The van der Waals surface area contributed by atoms with Crippen molar-refractivity contribution in [3.05, 3.63) is 64.2 Å². The van der Waals surface area contributed by atoms with E-state index in [-0.39, 0.29) is 37.6 Å². The van der Waals surface area contributed by atoms with Crippen molar-refractivity contribution in [3.8, 4) is 0 Å². The number of esters is 1. The summed E-state index contributed by atoms with van der Waals surface area (Å²) < 4.78 is 10.7. The maximum atomic E-state index is 13.4. The van der Waals surface area contributed by atoms with E-state index in [1.54, 1.807) is 17.9 Å². The normalized spacial score (nSPS) is 15.9. The highest BCUT2D eigenvalue weighted by molar-refractivity contribution is 6.31. The molecule has 0 saturated carbocycles. The summed E-state index contributed by atoms with van der Waals surface area (Å²) in [6.07, 6.45) is 0.641. The molecule has 10 nitrogen and oxygen atoms in total. The Morgan fingerprint density at radius 1 is 1.02 bits per heavy atom. The monoisotopic (exact) mass is 612 g/mol. The van der Waals surface area contributed by atoms with Gasteiger partial charge in [0, 0.05) is 55.5 Å². The number of carbonyl (C=O) groups excluding carboxylic acids is 4. The van der Waals surface area contributed by atoms with Gasteiger partial charge in [-0.05, 0) is 69.9 Å². The van der Waals surface area contributed by atoms with Crippen molar-refractivity contribution >= 4 is 41.2 Å². The molecule has 0 bridgehead atoms. The van der Waals surface area contributed by atoms with E-state index < -0.39 is 17.5 Å². The zero-order chi connectivity index (χ0) is 31.1. The number of ether oxygens (including phenoxy) is 2. The smallest absolute Gasteiger partial charge is 0.410 e. The summed E-state index contributed by atoms with van der Waals surface area (Å²) in [6.45, 7) is 10.2. The molecule has 0 aliphatic carbocycles. The molecule has 2 aliphatic heterocycles. The number of rotatable bonds is 9. The molecule has 2 aliphatic rings. The molecule has 0 spiro atoms. The second-order valence-corrected chi connectivity index (χ2v) is 12.2. The Morgan fingerprint density at radius 3 is 2.42 bits per heavy atom. The van der Waals surface area contributed by atoms with Crippen LogP contribution in [-0.4, -0.2) is 91.7 Å². The Balaban J connectivity index is 1.34. The molecular weight excluding hydrogens is 572 g/mol. The van der Waals surface area contributed by atoms with Gasteiger partial charge in [0.25, 0.3) is 5.91 Å². The Bertz CT molecular complexity index is 1340. The van der Waals surface area contributed by atoms with E-state index in [9.17, 15) is 19.2 Å². The van der Waals surface area contributed by atoms with Crippen molar-refractivity contribution in [2.24, 2.45) is 5.92 Å². The summed E-state index contributed by atoms with van der Waals surface area (Å²) in [5, 5.41) is 3.36. The highest BCUT2D eigenvalue weighted by atomic mass is 35.5. The van der Waals surface area contributed by atoms with Crippen LogP contribution in [-0.2, 0) is 31.9 Å². The van der Waals surface area contributed by atoms with Gasteiger partial charge >= 0.3 is 12.1 Å². The fourth-order valence-corrected chi connectivity index (χ4v) is 5.44. The fourth-order valence-electron chi connectivity index (χ4n) is 5.22. The number of hydrogen-bond donors (Lipinski definition) is 1. The number of hydrogen-bond acceptors (Lipinski definition) is 7. The van der Waals surface area contributed by atoms with Gasteiger partial charge in [-0.3, -0.25) is 14.4 Å². The molecule has 3 amide bonds. The number of nitrogens with one attached hydrogen (secondary N) is 1. The largest absolute Gasteiger partial charge is 0.466 e. The molecule has 2 aromatic rings. The third-order valence-corrected chi connectivity index (χ3v) is 7.85. The topological polar surface area (TPSA) is 108 Å². The first-order valence-electron chi connectivity index (χ1n) is 14.8. The Hall–Kier alpha value is -3.79. The number of carbonyl (C=O) groups is 4. The van der Waals surface area contributed by atoms with Crippen LogP contribution < -0.4 is 10.2 Å². The number of fused-ring (bicyclic) bond motifs is 1. The van der Waals surface area contributed by atoms with Gasteiger partial charge in [-0.25, -0.2) is 4.79 Å². The lowest BCUT2D eigenvalue weighted by Crippen LogP contribution is -2.50. The molecule has 1 atom stereocenters. The van der Waals surface area contributed by atoms with Crippen molar-refractivity contribution in [2.45, 2.75) is 46.1 Å². The van der Waals surface area contributed by atoms with Crippen LogP contribution in [0.25, 0.3) is 0 Å². The van der Waals surface area contributed by atoms with E-state index in [1.165, 1.54) is 4.90 Å². The Kier molecular flexibility index (Phi) is 10.6. The quantitative estimate of drug-likeness (QED) is 0.428. The molecule has 4 rings (SSSR count). The van der Waals surface area contributed by atoms with E-state index in [0.29, 0.717) is 56.2 Å². The Labute approximate surface area is 258 Å². The molecule has 2 heterocycles. The predicted molar refractivity (Wildman–Crippen MR) is 164 cm³/mol. The first kappa shape index (κ1) is 32.1. The maximum absolute atomic E-state index is 13.4. The van der Waals surface area contributed by atoms with Gasteiger partial charge < -0.3 is 29.5 Å². The highest BCUT2D eigenvalue weighted by Gasteiger charge is 2.30. The number of nitrogens with zero attached hydrogens (tertiary/aromatic N) is 3. The summed E-state index contributed by atoms with van der Waals surface area (Å²) in [5.74, 6) is -1.58. The molecule has 0 radical (unpaired) electrons. The summed E-state index contributed by atoms with van der Waals surface area (Å²) in [6, 6.07) is 13.1. The van der Waals surface area contributed by atoms with Gasteiger partial charge in [-0.1, -0.05) is 35.9 Å². The highest BCUT2D eigenvalue weighted by Crippen LogP contribution is 2.26. The van der Waals surface area contributed by atoms with Crippen LogP contribution in [0.3, 0.4) is 0 Å². The molecule has 2 aromatic carbocycles. The third-order valence-electron chi connectivity index (χ3n) is 7.48. The minimum Gasteiger partial charge on any atom is -0.466 e. The molecule has 1 saturated heterocycles. The number of amides is 3. The minimum absolute atomic E-state index is 0.0704. The minimum atomic E-state index is -0.611. The van der Waals surface area contributed by atoms with Gasteiger partial charge in [0.1, 0.15) is 5.60 Å². The van der Waals surface area contributed by atoms with Crippen molar-refractivity contribution in [2.75, 3.05) is 57.3 Å². The van der Waals surface area contributed by atoms with Crippen molar-refractivity contribution in [1.29, 1.82) is 0 Å². The summed E-state index contributed by atoms with van der Waals surface area (Å²) in [4.78, 5) is 56.8. The summed E-state index contributed by atoms with van der Waals surface area (Å²) >= 11 is 6.29. The van der Waals surface area contributed by atoms with Crippen molar-refractivity contribution in [3.63, 3.8) is 0 Å². The van der Waals surface area contributed by atoms with Crippen LogP contribution >= 0.6 is 11.6 Å². The molecular formula is C32H41ClN4O6. The first-order chi connectivity index (χ1) is 20.4. The van der Waals surface area contributed by atoms with Gasteiger partial charge in [0.15, 0.2) is 0 Å². The first-order valence-corrected chi connectivity index (χ1v) is 15.1. The average Bonchev–Trinajstić information content (AvgIpc) is 2.97. The summed E-state index contributed by atoms with van der Waals surface area (Å²) in [7, 11) is 0. The molecule has 0 unspecified atom stereocenters. The number of halogens is 1. The second-order valence-electron chi connectivity index (χ2n) is 11.8. The van der Waals surface area contributed by atoms with Crippen molar-refractivity contribution < 1.29 is 28.7 Å². The van der Waals surface area contributed by atoms with Gasteiger partial charge in [-0.2, -0.15) is 0 Å². The number of anilines is 1. The van der Waals surface area contributed by atoms with Crippen LogP contribution in [0.1, 0.15) is 49.2 Å². The zero-order valence-corrected chi connectivity index (χ0v) is 26.1. The lowest BCUT2D eigenvalue weighted by Gasteiger charge is -2.37. The standard InChI is InChI=1S/C32H41ClN4O6/c1-5-42-30(40)24(18-23-8-6-7-9-27(23)33)20-34-28(38)21-37-13-12-22-10-11-25(19-26(22)29(37)39)35-14-16-36(17-15-35)31(41)43-32(2,3)4/h6-11,19,24H,5,12-18,20-21H2,1-4H3,(H,34,38)/t24-/m1/s1. The van der Waals surface area contributed by atoms with Crippen LogP contribution in [0.2, 0.25) is 5.02 Å². The Morgan fingerprint density at radius 2 is 1.74 bits per heavy atom. The molecule has 43 heavy (non-hydrogen) atoms. The molecule has 0 aromatic heterocycles. The SMILES string of the molecule is CCOC(=O)[C@@H](CNC(=O)CN1CCc2ccc(N3CCN(C(=O)OC(C)(C)C)CC3)cc2C1=O)Cc1ccccc1Cl. The predicted octanol–water partition coefficient (Wildman–Crippen LogP) is 3.93. The molecule has 232 valence electrons. The molecule has 11 heteroatoms. The zero-order valence-electron chi connectivity index (χ0n) is 25.4. The third kappa shape index (κ3) is 8.63. The van der Waals surface area contributed by atoms with Gasteiger partial charge in [-0.15, -0.1) is 0 Å². The number of benzene rings is 2. The number of piperazine rings is 1. The molecule has 1 N–H and O–H groups in total. The van der Waals surface area contributed by atoms with Crippen LogP contribution in [0.4, 0.5) is 10.5 Å². The van der Waals surface area contributed by atoms with Gasteiger partial charge in [0.05, 0.1) is 19.1 Å². The van der Waals surface area contributed by atoms with E-state index in [1.807, 2.05) is 57.2 Å². The van der Waals surface area contributed by atoms with Crippen molar-refractivity contribution in [1.82, 2.24) is 15.1 Å². The lowest BCUT2D eigenvalue weighted by molar-refractivity contribution is -0.147. The van der Waals surface area contributed by atoms with E-state index in [2.05, 4.69) is 10.2 Å². The van der Waals surface area contributed by atoms with E-state index in [4.69, 9.17) is 21.1 Å². The average molecular weight is 613 g/mol. The molecule has 1 fully saturated rings. The van der Waals surface area contributed by atoms with Gasteiger partial charge in [0.2, 0.25) is 5.91 Å². The maximum Gasteiger partial charge on any atom is 0.410 e. The van der Waals surface area contributed by atoms with Crippen LogP contribution in [0.5, 0.6) is 0 Å². The van der Waals surface area contributed by atoms with E-state index >= 15 is 0 Å². The van der Waals surface area contributed by atoms with E-state index in [0.717, 1.165) is 16.8 Å². The summed E-state index contributed by atoms with van der Waals surface area (Å²) in [5.41, 5.74) is 2.67. The van der Waals surface area contributed by atoms with Crippen LogP contribution in [0, 0.1) is 5.92 Å². The second kappa shape index (κ2) is 14.1. The lowest BCUT2D eigenvalue weighted by atomic mass is 9.97.